The van der Waals surface area contributed by atoms with Crippen molar-refractivity contribution in [2.45, 2.75) is 6.04 Å². The van der Waals surface area contributed by atoms with Crippen molar-refractivity contribution in [3.63, 3.8) is 0 Å². The van der Waals surface area contributed by atoms with Gasteiger partial charge in [0, 0.05) is 0 Å². The lowest BCUT2D eigenvalue weighted by atomic mass is 10.1. The molecule has 106 valence electrons. The van der Waals surface area contributed by atoms with Gasteiger partial charge in [0.2, 0.25) is 11.8 Å². The van der Waals surface area contributed by atoms with Gasteiger partial charge in [0.15, 0.2) is 0 Å². The van der Waals surface area contributed by atoms with E-state index in [0.717, 1.165) is 5.56 Å². The summed E-state index contributed by atoms with van der Waals surface area (Å²) in [7, 11) is 0. The molecule has 6 heteroatoms. The highest BCUT2D eigenvalue weighted by Crippen LogP contribution is 2.29. The zero-order chi connectivity index (χ0) is 14.8. The van der Waals surface area contributed by atoms with Gasteiger partial charge in [-0.15, -0.1) is 10.2 Å². The van der Waals surface area contributed by atoms with Gasteiger partial charge >= 0.3 is 0 Å². The summed E-state index contributed by atoms with van der Waals surface area (Å²) in [5, 5.41) is 8.07. The lowest BCUT2D eigenvalue weighted by Gasteiger charge is -2.06. The molecule has 0 fully saturated rings. The molecule has 0 aliphatic rings. The fourth-order valence-electron chi connectivity index (χ4n) is 1.93. The van der Waals surface area contributed by atoms with Crippen LogP contribution in [0.15, 0.2) is 52.9 Å². The van der Waals surface area contributed by atoms with Crippen LogP contribution in [0.2, 0.25) is 5.02 Å². The van der Waals surface area contributed by atoms with E-state index in [-0.39, 0.29) is 16.8 Å². The van der Waals surface area contributed by atoms with Crippen LogP contribution in [0.3, 0.4) is 0 Å². The highest BCUT2D eigenvalue weighted by Gasteiger charge is 2.18. The summed E-state index contributed by atoms with van der Waals surface area (Å²) in [6.07, 6.45) is 0. The summed E-state index contributed by atoms with van der Waals surface area (Å²) < 4.78 is 18.6. The van der Waals surface area contributed by atoms with Crippen LogP contribution in [0.1, 0.15) is 17.5 Å². The summed E-state index contributed by atoms with van der Waals surface area (Å²) in [4.78, 5) is 0. The monoisotopic (exact) mass is 303 g/mol. The molecule has 2 aromatic carbocycles. The van der Waals surface area contributed by atoms with Crippen LogP contribution in [-0.4, -0.2) is 10.2 Å². The first kappa shape index (κ1) is 13.7. The summed E-state index contributed by atoms with van der Waals surface area (Å²) in [6, 6.07) is 12.8. The van der Waals surface area contributed by atoms with E-state index in [2.05, 4.69) is 10.2 Å². The van der Waals surface area contributed by atoms with Crippen molar-refractivity contribution in [2.24, 2.45) is 5.73 Å². The third-order valence-electron chi connectivity index (χ3n) is 3.03. The van der Waals surface area contributed by atoms with E-state index in [4.69, 9.17) is 21.8 Å². The van der Waals surface area contributed by atoms with Crippen molar-refractivity contribution in [1.82, 2.24) is 10.2 Å². The average Bonchev–Trinajstić information content (AvgIpc) is 2.97. The summed E-state index contributed by atoms with van der Waals surface area (Å²) in [6.45, 7) is 0. The number of hydrogen-bond donors (Lipinski definition) is 1. The predicted molar refractivity (Wildman–Crippen MR) is 77.2 cm³/mol. The van der Waals surface area contributed by atoms with E-state index in [0.29, 0.717) is 5.56 Å². The number of nitrogens with zero attached hydrogens (tertiary/aromatic N) is 2. The first-order chi connectivity index (χ1) is 10.1. The maximum Gasteiger partial charge on any atom is 0.249 e. The molecule has 1 heterocycles. The zero-order valence-electron chi connectivity index (χ0n) is 10.8. The minimum Gasteiger partial charge on any atom is -0.419 e. The molecule has 0 amide bonds. The SMILES string of the molecule is NC(c1ccccc1)c1nnc(-c2ccc(F)cc2Cl)o1. The molecule has 0 radical (unpaired) electrons. The molecule has 0 spiro atoms. The van der Waals surface area contributed by atoms with Gasteiger partial charge in [-0.2, -0.15) is 0 Å². The van der Waals surface area contributed by atoms with Gasteiger partial charge in [-0.1, -0.05) is 41.9 Å². The van der Waals surface area contributed by atoms with Crippen LogP contribution in [0.4, 0.5) is 4.39 Å². The fraction of sp³-hybridized carbons (Fsp3) is 0.0667. The first-order valence-corrected chi connectivity index (χ1v) is 6.62. The molecular weight excluding hydrogens is 293 g/mol. The molecule has 0 aliphatic carbocycles. The molecule has 21 heavy (non-hydrogen) atoms. The Hall–Kier alpha value is -2.24. The van der Waals surface area contributed by atoms with Crippen molar-refractivity contribution >= 4 is 11.6 Å². The minimum atomic E-state index is -0.522. The number of rotatable bonds is 3. The Bertz CT molecular complexity index is 761. The topological polar surface area (TPSA) is 64.9 Å². The number of nitrogens with two attached hydrogens (primary N) is 1. The van der Waals surface area contributed by atoms with Crippen LogP contribution >= 0.6 is 11.6 Å². The molecule has 1 unspecified atom stereocenters. The molecule has 3 rings (SSSR count). The molecule has 0 bridgehead atoms. The molecule has 0 aliphatic heterocycles. The van der Waals surface area contributed by atoms with Crippen molar-refractivity contribution < 1.29 is 8.81 Å². The Labute approximate surface area is 125 Å². The highest BCUT2D eigenvalue weighted by molar-refractivity contribution is 6.33. The predicted octanol–water partition coefficient (Wildman–Crippen LogP) is 3.58. The van der Waals surface area contributed by atoms with Crippen LogP contribution < -0.4 is 5.73 Å². The van der Waals surface area contributed by atoms with Crippen molar-refractivity contribution in [3.05, 3.63) is 70.8 Å². The third-order valence-corrected chi connectivity index (χ3v) is 3.34. The summed E-state index contributed by atoms with van der Waals surface area (Å²) in [5.74, 6) is 0.0578. The zero-order valence-corrected chi connectivity index (χ0v) is 11.6. The van der Waals surface area contributed by atoms with Gasteiger partial charge in [0.25, 0.3) is 0 Å². The van der Waals surface area contributed by atoms with Gasteiger partial charge < -0.3 is 10.2 Å². The molecular formula is C15H11ClFN3O. The smallest absolute Gasteiger partial charge is 0.249 e. The maximum atomic E-state index is 13.0. The van der Waals surface area contributed by atoms with E-state index >= 15 is 0 Å². The lowest BCUT2D eigenvalue weighted by Crippen LogP contribution is -2.11. The molecule has 3 aromatic rings. The summed E-state index contributed by atoms with van der Waals surface area (Å²) >= 11 is 5.97. The van der Waals surface area contributed by atoms with E-state index in [1.807, 2.05) is 30.3 Å². The highest BCUT2D eigenvalue weighted by atomic mass is 35.5. The number of hydrogen-bond acceptors (Lipinski definition) is 4. The molecule has 1 aromatic heterocycles. The van der Waals surface area contributed by atoms with Gasteiger partial charge in [0.05, 0.1) is 10.6 Å². The van der Waals surface area contributed by atoms with Crippen LogP contribution in [0, 0.1) is 5.82 Å². The number of aromatic nitrogens is 2. The van der Waals surface area contributed by atoms with Gasteiger partial charge in [-0.3, -0.25) is 0 Å². The van der Waals surface area contributed by atoms with Gasteiger partial charge in [-0.05, 0) is 23.8 Å². The second-order valence-corrected chi connectivity index (χ2v) is 4.87. The third kappa shape index (κ3) is 2.79. The first-order valence-electron chi connectivity index (χ1n) is 6.24. The van der Waals surface area contributed by atoms with Crippen molar-refractivity contribution in [3.8, 4) is 11.5 Å². The quantitative estimate of drug-likeness (QED) is 0.803. The van der Waals surface area contributed by atoms with E-state index in [1.54, 1.807) is 0 Å². The Kier molecular flexibility index (Phi) is 3.68. The molecule has 1 atom stereocenters. The normalized spacial score (nSPS) is 12.3. The Morgan fingerprint density at radius 3 is 2.57 bits per heavy atom. The van der Waals surface area contributed by atoms with E-state index < -0.39 is 11.9 Å². The standard InChI is InChI=1S/C15H11ClFN3O/c16-12-8-10(17)6-7-11(12)14-19-20-15(21-14)13(18)9-4-2-1-3-5-9/h1-8,13H,18H2. The van der Waals surface area contributed by atoms with E-state index in [9.17, 15) is 4.39 Å². The summed E-state index contributed by atoms with van der Waals surface area (Å²) in [5.41, 5.74) is 7.41. The van der Waals surface area contributed by atoms with Crippen molar-refractivity contribution in [2.75, 3.05) is 0 Å². The Morgan fingerprint density at radius 2 is 1.86 bits per heavy atom. The van der Waals surface area contributed by atoms with Gasteiger partial charge in [0.1, 0.15) is 11.9 Å². The van der Waals surface area contributed by atoms with Crippen LogP contribution in [0.5, 0.6) is 0 Å². The molecule has 0 saturated heterocycles. The fourth-order valence-corrected chi connectivity index (χ4v) is 2.18. The molecule has 4 nitrogen and oxygen atoms in total. The molecule has 2 N–H and O–H groups in total. The minimum absolute atomic E-state index is 0.207. The van der Waals surface area contributed by atoms with Crippen molar-refractivity contribution in [1.29, 1.82) is 0 Å². The van der Waals surface area contributed by atoms with Gasteiger partial charge in [-0.25, -0.2) is 4.39 Å². The Balaban J connectivity index is 1.93. The van der Waals surface area contributed by atoms with Crippen LogP contribution in [-0.2, 0) is 0 Å². The lowest BCUT2D eigenvalue weighted by molar-refractivity contribution is 0.484. The molecule has 0 saturated carbocycles. The average molecular weight is 304 g/mol. The number of halogens is 2. The second-order valence-electron chi connectivity index (χ2n) is 4.46. The Morgan fingerprint density at radius 1 is 1.10 bits per heavy atom. The second kappa shape index (κ2) is 5.63. The maximum absolute atomic E-state index is 13.0. The van der Waals surface area contributed by atoms with E-state index in [1.165, 1.54) is 18.2 Å². The number of benzene rings is 2. The van der Waals surface area contributed by atoms with Crippen LogP contribution in [0.25, 0.3) is 11.5 Å². The largest absolute Gasteiger partial charge is 0.419 e.